The van der Waals surface area contributed by atoms with E-state index in [0.29, 0.717) is 5.41 Å². The predicted molar refractivity (Wildman–Crippen MR) is 74.0 cm³/mol. The van der Waals surface area contributed by atoms with E-state index in [1.807, 2.05) is 11.8 Å². The molecule has 1 unspecified atom stereocenters. The first-order valence-electron chi connectivity index (χ1n) is 6.78. The number of hydrogen-bond donors (Lipinski definition) is 1. The largest absolute Gasteiger partial charge is 0.389 e. The van der Waals surface area contributed by atoms with Crippen molar-refractivity contribution in [1.29, 1.82) is 0 Å². The summed E-state index contributed by atoms with van der Waals surface area (Å²) in [5.41, 5.74) is -0.0558. The Kier molecular flexibility index (Phi) is 5.66. The lowest BCUT2D eigenvalue weighted by Crippen LogP contribution is -2.42. The van der Waals surface area contributed by atoms with Gasteiger partial charge in [0.05, 0.1) is 5.60 Å². The van der Waals surface area contributed by atoms with Crippen LogP contribution >= 0.6 is 11.8 Å². The second-order valence-corrected chi connectivity index (χ2v) is 7.21. The Hall–Kier alpha value is 0.310. The van der Waals surface area contributed by atoms with Crippen LogP contribution in [-0.2, 0) is 0 Å². The summed E-state index contributed by atoms with van der Waals surface area (Å²) in [5, 5.41) is 10.5. The molecule has 1 aliphatic heterocycles. The van der Waals surface area contributed by atoms with E-state index in [4.69, 9.17) is 0 Å². The molecule has 16 heavy (non-hydrogen) atoms. The van der Waals surface area contributed by atoms with Gasteiger partial charge < -0.3 is 5.11 Å². The maximum Gasteiger partial charge on any atom is 0.0743 e. The summed E-state index contributed by atoms with van der Waals surface area (Å²) < 4.78 is 0. The molecular formula is C14H28OS. The lowest BCUT2D eigenvalue weighted by atomic mass is 9.79. The van der Waals surface area contributed by atoms with Crippen LogP contribution in [0.3, 0.4) is 0 Å². The highest BCUT2D eigenvalue weighted by Gasteiger charge is 2.38. The third-order valence-corrected chi connectivity index (χ3v) is 5.14. The van der Waals surface area contributed by atoms with Crippen LogP contribution in [0, 0.1) is 5.41 Å². The summed E-state index contributed by atoms with van der Waals surface area (Å²) in [6.45, 7) is 6.80. The Bertz CT molecular complexity index is 203. The summed E-state index contributed by atoms with van der Waals surface area (Å²) in [7, 11) is 0. The Labute approximate surface area is 105 Å². The van der Waals surface area contributed by atoms with E-state index in [9.17, 15) is 5.11 Å². The van der Waals surface area contributed by atoms with E-state index < -0.39 is 0 Å². The van der Waals surface area contributed by atoms with Gasteiger partial charge in [-0.15, -0.1) is 0 Å². The summed E-state index contributed by atoms with van der Waals surface area (Å²) in [6.07, 6.45) is 8.47. The third kappa shape index (κ3) is 5.09. The highest BCUT2D eigenvalue weighted by molar-refractivity contribution is 7.99. The van der Waals surface area contributed by atoms with Crippen molar-refractivity contribution in [1.82, 2.24) is 0 Å². The fraction of sp³-hybridized carbons (Fsp3) is 1.00. The molecule has 0 aromatic carbocycles. The van der Waals surface area contributed by atoms with Gasteiger partial charge in [-0.05, 0) is 24.0 Å². The third-order valence-electron chi connectivity index (χ3n) is 3.42. The van der Waals surface area contributed by atoms with Gasteiger partial charge >= 0.3 is 0 Å². The summed E-state index contributed by atoms with van der Waals surface area (Å²) in [5.74, 6) is 2.15. The minimum absolute atomic E-state index is 0.321. The number of aliphatic hydroxyl groups is 1. The quantitative estimate of drug-likeness (QED) is 0.705. The Morgan fingerprint density at radius 3 is 2.38 bits per heavy atom. The lowest BCUT2D eigenvalue weighted by Gasteiger charge is -2.41. The van der Waals surface area contributed by atoms with E-state index in [0.717, 1.165) is 18.6 Å². The Balaban J connectivity index is 2.23. The van der Waals surface area contributed by atoms with Gasteiger partial charge in [0.15, 0.2) is 0 Å². The van der Waals surface area contributed by atoms with Crippen molar-refractivity contribution in [3.05, 3.63) is 0 Å². The molecule has 1 atom stereocenters. The van der Waals surface area contributed by atoms with Crippen molar-refractivity contribution in [2.45, 2.75) is 71.3 Å². The van der Waals surface area contributed by atoms with Crippen LogP contribution in [0.25, 0.3) is 0 Å². The van der Waals surface area contributed by atoms with Crippen molar-refractivity contribution in [2.75, 3.05) is 11.5 Å². The smallest absolute Gasteiger partial charge is 0.0743 e. The molecule has 1 rings (SSSR count). The highest BCUT2D eigenvalue weighted by Crippen LogP contribution is 2.41. The summed E-state index contributed by atoms with van der Waals surface area (Å²) >= 11 is 1.93. The van der Waals surface area contributed by atoms with Crippen LogP contribution in [0.2, 0.25) is 0 Å². The molecule has 1 N–H and O–H groups in total. The summed E-state index contributed by atoms with van der Waals surface area (Å²) in [4.78, 5) is 0. The van der Waals surface area contributed by atoms with Gasteiger partial charge in [0, 0.05) is 5.75 Å². The van der Waals surface area contributed by atoms with Crippen LogP contribution in [0.15, 0.2) is 0 Å². The summed E-state index contributed by atoms with van der Waals surface area (Å²) in [6, 6.07) is 0. The zero-order chi connectivity index (χ0) is 12.1. The van der Waals surface area contributed by atoms with E-state index in [-0.39, 0.29) is 5.60 Å². The molecule has 1 aliphatic rings. The topological polar surface area (TPSA) is 20.2 Å². The fourth-order valence-corrected chi connectivity index (χ4v) is 4.11. The van der Waals surface area contributed by atoms with Gasteiger partial charge in [0.2, 0.25) is 0 Å². The number of unbranched alkanes of at least 4 members (excludes halogenated alkanes) is 4. The molecule has 0 aromatic heterocycles. The fourth-order valence-electron chi connectivity index (χ4n) is 2.73. The normalized spacial score (nSPS) is 29.2. The maximum absolute atomic E-state index is 10.5. The first-order valence-corrected chi connectivity index (χ1v) is 7.93. The molecule has 0 radical (unpaired) electrons. The SMILES string of the molecule is CCCCCCCC1(O)CSCC(C)(C)C1. The maximum atomic E-state index is 10.5. The zero-order valence-electron chi connectivity index (χ0n) is 11.2. The van der Waals surface area contributed by atoms with E-state index in [1.54, 1.807) is 0 Å². The van der Waals surface area contributed by atoms with Crippen molar-refractivity contribution < 1.29 is 5.11 Å². The average Bonchev–Trinajstić information content (AvgIpc) is 2.15. The van der Waals surface area contributed by atoms with Crippen LogP contribution in [-0.4, -0.2) is 22.2 Å². The molecular weight excluding hydrogens is 216 g/mol. The Morgan fingerprint density at radius 1 is 1.06 bits per heavy atom. The molecule has 0 saturated carbocycles. The molecule has 1 fully saturated rings. The second-order valence-electron chi connectivity index (χ2n) is 6.22. The Morgan fingerprint density at radius 2 is 1.75 bits per heavy atom. The molecule has 0 amide bonds. The van der Waals surface area contributed by atoms with Crippen LogP contribution in [0.4, 0.5) is 0 Å². The molecule has 1 heterocycles. The monoisotopic (exact) mass is 244 g/mol. The molecule has 1 nitrogen and oxygen atoms in total. The molecule has 0 spiro atoms. The molecule has 0 bridgehead atoms. The van der Waals surface area contributed by atoms with Gasteiger partial charge in [0.25, 0.3) is 0 Å². The van der Waals surface area contributed by atoms with Gasteiger partial charge in [-0.25, -0.2) is 0 Å². The van der Waals surface area contributed by atoms with Gasteiger partial charge in [-0.3, -0.25) is 0 Å². The van der Waals surface area contributed by atoms with E-state index in [2.05, 4.69) is 20.8 Å². The molecule has 2 heteroatoms. The van der Waals surface area contributed by atoms with Gasteiger partial charge in [-0.1, -0.05) is 52.9 Å². The van der Waals surface area contributed by atoms with Gasteiger partial charge in [0.1, 0.15) is 0 Å². The van der Waals surface area contributed by atoms with E-state index >= 15 is 0 Å². The first-order chi connectivity index (χ1) is 7.47. The second kappa shape index (κ2) is 6.30. The predicted octanol–water partition coefficient (Wildman–Crippen LogP) is 4.24. The number of hydrogen-bond acceptors (Lipinski definition) is 2. The molecule has 0 aliphatic carbocycles. The van der Waals surface area contributed by atoms with Crippen molar-refractivity contribution in [3.8, 4) is 0 Å². The van der Waals surface area contributed by atoms with Crippen LogP contribution < -0.4 is 0 Å². The average molecular weight is 244 g/mol. The standard InChI is InChI=1S/C14H28OS/c1-4-5-6-7-8-9-14(15)10-13(2,3)11-16-12-14/h15H,4-12H2,1-3H3. The molecule has 0 aromatic rings. The minimum atomic E-state index is -0.376. The number of thioether (sulfide) groups is 1. The zero-order valence-corrected chi connectivity index (χ0v) is 12.0. The van der Waals surface area contributed by atoms with Crippen molar-refractivity contribution >= 4 is 11.8 Å². The number of rotatable bonds is 6. The molecule has 96 valence electrons. The highest BCUT2D eigenvalue weighted by atomic mass is 32.2. The van der Waals surface area contributed by atoms with Crippen molar-refractivity contribution in [3.63, 3.8) is 0 Å². The van der Waals surface area contributed by atoms with Crippen LogP contribution in [0.1, 0.15) is 65.7 Å². The van der Waals surface area contributed by atoms with Crippen LogP contribution in [0.5, 0.6) is 0 Å². The lowest BCUT2D eigenvalue weighted by molar-refractivity contribution is 0.00975. The first kappa shape index (κ1) is 14.4. The van der Waals surface area contributed by atoms with E-state index in [1.165, 1.54) is 37.9 Å². The molecule has 1 saturated heterocycles. The van der Waals surface area contributed by atoms with Crippen molar-refractivity contribution in [2.24, 2.45) is 5.41 Å². The minimum Gasteiger partial charge on any atom is -0.389 e. The van der Waals surface area contributed by atoms with Gasteiger partial charge in [-0.2, -0.15) is 11.8 Å².